The predicted octanol–water partition coefficient (Wildman–Crippen LogP) is 4.18. The summed E-state index contributed by atoms with van der Waals surface area (Å²) in [6.45, 7) is 0. The van der Waals surface area contributed by atoms with Gasteiger partial charge in [0, 0.05) is 5.56 Å². The number of hydrogen-bond acceptors (Lipinski definition) is 5. The summed E-state index contributed by atoms with van der Waals surface area (Å²) in [5.41, 5.74) is 4.58. The van der Waals surface area contributed by atoms with Crippen molar-refractivity contribution in [2.24, 2.45) is 5.10 Å². The predicted molar refractivity (Wildman–Crippen MR) is 133 cm³/mol. The van der Waals surface area contributed by atoms with Crippen LogP contribution in [-0.2, 0) is 4.79 Å². The van der Waals surface area contributed by atoms with Crippen molar-refractivity contribution in [3.05, 3.63) is 113 Å². The average Bonchev–Trinajstić information content (AvgIpc) is 2.89. The van der Waals surface area contributed by atoms with Crippen LogP contribution in [0, 0.1) is 0 Å². The lowest BCUT2D eigenvalue weighted by Gasteiger charge is -2.09. The number of nitrogens with zero attached hydrogens (tertiary/aromatic N) is 1. The summed E-state index contributed by atoms with van der Waals surface area (Å²) in [6.07, 6.45) is 6.51. The van der Waals surface area contributed by atoms with Gasteiger partial charge in [-0.1, -0.05) is 60.7 Å². The summed E-state index contributed by atoms with van der Waals surface area (Å²) >= 11 is 0. The smallest absolute Gasteiger partial charge is 0.287 e. The fraction of sp³-hybridized carbons (Fsp3) is 0.0741. The number of hydrogen-bond donors (Lipinski definition) is 2. The Bertz CT molecular complexity index is 1200. The van der Waals surface area contributed by atoms with E-state index in [-0.39, 0.29) is 5.70 Å². The fourth-order valence-electron chi connectivity index (χ4n) is 2.94. The number of hydrazone groups is 1. The van der Waals surface area contributed by atoms with E-state index in [0.717, 1.165) is 5.56 Å². The first-order valence-electron chi connectivity index (χ1n) is 10.5. The second-order valence-electron chi connectivity index (χ2n) is 6.98. The molecule has 7 nitrogen and oxygen atoms in total. The Balaban J connectivity index is 1.75. The van der Waals surface area contributed by atoms with E-state index in [1.165, 1.54) is 19.4 Å². The highest BCUT2D eigenvalue weighted by molar-refractivity contribution is 6.03. The van der Waals surface area contributed by atoms with Crippen LogP contribution in [0.1, 0.15) is 21.5 Å². The molecule has 0 heterocycles. The molecule has 0 aliphatic rings. The largest absolute Gasteiger partial charge is 0.493 e. The molecule has 3 aromatic carbocycles. The molecule has 0 spiro atoms. The van der Waals surface area contributed by atoms with E-state index in [1.807, 2.05) is 42.5 Å². The maximum absolute atomic E-state index is 12.8. The first kappa shape index (κ1) is 24.0. The van der Waals surface area contributed by atoms with Crippen molar-refractivity contribution in [3.63, 3.8) is 0 Å². The Morgan fingerprint density at radius 2 is 1.50 bits per heavy atom. The molecule has 3 aromatic rings. The quantitative estimate of drug-likeness (QED) is 0.219. The topological polar surface area (TPSA) is 89.0 Å². The molecule has 0 fully saturated rings. The molecule has 7 heteroatoms. The second-order valence-corrected chi connectivity index (χ2v) is 6.98. The number of allylic oxidation sites excluding steroid dienone is 2. The number of methoxy groups -OCH3 is 2. The van der Waals surface area contributed by atoms with Crippen LogP contribution >= 0.6 is 0 Å². The first-order chi connectivity index (χ1) is 16.6. The molecule has 2 amide bonds. The van der Waals surface area contributed by atoms with Gasteiger partial charge in [0.05, 0.1) is 20.4 Å². The van der Waals surface area contributed by atoms with E-state index >= 15 is 0 Å². The van der Waals surface area contributed by atoms with E-state index in [9.17, 15) is 9.59 Å². The van der Waals surface area contributed by atoms with Crippen LogP contribution in [0.5, 0.6) is 11.5 Å². The van der Waals surface area contributed by atoms with Crippen molar-refractivity contribution < 1.29 is 19.1 Å². The van der Waals surface area contributed by atoms with E-state index in [2.05, 4.69) is 15.8 Å². The van der Waals surface area contributed by atoms with Crippen LogP contribution < -0.4 is 20.2 Å². The Morgan fingerprint density at radius 1 is 0.824 bits per heavy atom. The summed E-state index contributed by atoms with van der Waals surface area (Å²) in [5, 5.41) is 6.65. The molecule has 0 saturated carbocycles. The SMILES string of the molecule is COc1ccc(/C=N/NC(=O)/C(=C/C=C/c2ccccc2)NC(=O)c2ccccc2)cc1OC. The van der Waals surface area contributed by atoms with Gasteiger partial charge in [-0.3, -0.25) is 9.59 Å². The third-order valence-electron chi connectivity index (χ3n) is 4.67. The number of carbonyl (C=O) groups excluding carboxylic acids is 2. The summed E-state index contributed by atoms with van der Waals surface area (Å²) in [5.74, 6) is 0.153. The minimum absolute atomic E-state index is 0.0468. The van der Waals surface area contributed by atoms with Gasteiger partial charge in [0.15, 0.2) is 11.5 Å². The Labute approximate surface area is 198 Å². The van der Waals surface area contributed by atoms with Crippen LogP contribution in [0.2, 0.25) is 0 Å². The van der Waals surface area contributed by atoms with Gasteiger partial charge in [0.2, 0.25) is 0 Å². The molecule has 34 heavy (non-hydrogen) atoms. The van der Waals surface area contributed by atoms with Crippen molar-refractivity contribution in [2.75, 3.05) is 14.2 Å². The molecule has 0 aromatic heterocycles. The van der Waals surface area contributed by atoms with Gasteiger partial charge in [-0.05, 0) is 47.5 Å². The van der Waals surface area contributed by atoms with Crippen LogP contribution in [0.4, 0.5) is 0 Å². The molecule has 172 valence electrons. The lowest BCUT2D eigenvalue weighted by atomic mass is 10.2. The molecule has 0 bridgehead atoms. The van der Waals surface area contributed by atoms with Crippen LogP contribution in [0.25, 0.3) is 6.08 Å². The number of benzene rings is 3. The van der Waals surface area contributed by atoms with Crippen molar-refractivity contribution >= 4 is 24.1 Å². The van der Waals surface area contributed by atoms with Gasteiger partial charge in [-0.15, -0.1) is 0 Å². The molecule has 2 N–H and O–H groups in total. The van der Waals surface area contributed by atoms with Crippen molar-refractivity contribution in [1.82, 2.24) is 10.7 Å². The highest BCUT2D eigenvalue weighted by atomic mass is 16.5. The summed E-state index contributed by atoms with van der Waals surface area (Å²) in [6, 6.07) is 23.5. The van der Waals surface area contributed by atoms with E-state index in [0.29, 0.717) is 22.6 Å². The van der Waals surface area contributed by atoms with E-state index < -0.39 is 11.8 Å². The minimum Gasteiger partial charge on any atom is -0.493 e. The first-order valence-corrected chi connectivity index (χ1v) is 10.5. The van der Waals surface area contributed by atoms with Crippen LogP contribution in [0.3, 0.4) is 0 Å². The second kappa shape index (κ2) is 12.4. The molecule has 0 radical (unpaired) electrons. The van der Waals surface area contributed by atoms with Gasteiger partial charge in [-0.2, -0.15) is 5.10 Å². The summed E-state index contributed by atoms with van der Waals surface area (Å²) in [4.78, 5) is 25.4. The summed E-state index contributed by atoms with van der Waals surface area (Å²) in [7, 11) is 3.09. The van der Waals surface area contributed by atoms with Gasteiger partial charge < -0.3 is 14.8 Å². The highest BCUT2D eigenvalue weighted by Crippen LogP contribution is 2.26. The molecule has 0 aliphatic carbocycles. The minimum atomic E-state index is -0.571. The van der Waals surface area contributed by atoms with E-state index in [4.69, 9.17) is 9.47 Å². The zero-order valence-electron chi connectivity index (χ0n) is 18.9. The maximum Gasteiger partial charge on any atom is 0.287 e. The van der Waals surface area contributed by atoms with Crippen LogP contribution in [0.15, 0.2) is 102 Å². The Hall–Kier alpha value is -4.65. The fourth-order valence-corrected chi connectivity index (χ4v) is 2.94. The van der Waals surface area contributed by atoms with Gasteiger partial charge in [0.25, 0.3) is 11.8 Å². The highest BCUT2D eigenvalue weighted by Gasteiger charge is 2.13. The Morgan fingerprint density at radius 3 is 2.18 bits per heavy atom. The lowest BCUT2D eigenvalue weighted by Crippen LogP contribution is -2.32. The Kier molecular flexibility index (Phi) is 8.76. The normalized spacial score (nSPS) is 11.4. The standard InChI is InChI=1S/C27H25N3O4/c1-33-24-17-16-21(18-25(24)34-2)19-28-30-27(32)23(15-9-12-20-10-5-3-6-11-20)29-26(31)22-13-7-4-8-14-22/h3-19H,1-2H3,(H,29,31)(H,30,32)/b12-9+,23-15-,28-19+. The van der Waals surface area contributed by atoms with Crippen LogP contribution in [-0.4, -0.2) is 32.2 Å². The van der Waals surface area contributed by atoms with Gasteiger partial charge >= 0.3 is 0 Å². The molecule has 0 saturated heterocycles. The molecule has 3 rings (SSSR count). The number of carbonyl (C=O) groups is 2. The molecular formula is C27H25N3O4. The third-order valence-corrected chi connectivity index (χ3v) is 4.67. The zero-order chi connectivity index (χ0) is 24.2. The van der Waals surface area contributed by atoms with Gasteiger partial charge in [-0.25, -0.2) is 5.43 Å². The third kappa shape index (κ3) is 6.93. The van der Waals surface area contributed by atoms with Crippen molar-refractivity contribution in [2.45, 2.75) is 0 Å². The summed E-state index contributed by atoms with van der Waals surface area (Å²) < 4.78 is 10.5. The number of rotatable bonds is 9. The van der Waals surface area contributed by atoms with Gasteiger partial charge in [0.1, 0.15) is 5.70 Å². The molecule has 0 unspecified atom stereocenters. The zero-order valence-corrected chi connectivity index (χ0v) is 18.9. The molecular weight excluding hydrogens is 430 g/mol. The monoisotopic (exact) mass is 455 g/mol. The number of ether oxygens (including phenoxy) is 2. The number of nitrogens with one attached hydrogen (secondary N) is 2. The molecule has 0 aliphatic heterocycles. The van der Waals surface area contributed by atoms with Crippen molar-refractivity contribution in [3.8, 4) is 11.5 Å². The lowest BCUT2D eigenvalue weighted by molar-refractivity contribution is -0.117. The average molecular weight is 456 g/mol. The molecule has 0 atom stereocenters. The maximum atomic E-state index is 12.8. The number of amides is 2. The van der Waals surface area contributed by atoms with E-state index in [1.54, 1.807) is 55.7 Å². The van der Waals surface area contributed by atoms with Crippen molar-refractivity contribution in [1.29, 1.82) is 0 Å².